The maximum Gasteiger partial charge on any atom is 0.251 e. The SMILES string of the molecule is CCCC(=O)[C@H](Cc1cccc(-c2nncs2)c1)NC(=O)c1ccccc1. The summed E-state index contributed by atoms with van der Waals surface area (Å²) in [4.78, 5) is 25.1. The Morgan fingerprint density at radius 1 is 1.11 bits per heavy atom. The van der Waals surface area contributed by atoms with Gasteiger partial charge in [-0.1, -0.05) is 54.7 Å². The fourth-order valence-corrected chi connectivity index (χ4v) is 3.41. The Labute approximate surface area is 162 Å². The second kappa shape index (κ2) is 9.19. The summed E-state index contributed by atoms with van der Waals surface area (Å²) in [5, 5.41) is 11.7. The van der Waals surface area contributed by atoms with Crippen molar-refractivity contribution in [2.75, 3.05) is 0 Å². The average Bonchev–Trinajstić information content (AvgIpc) is 3.23. The number of hydrogen-bond acceptors (Lipinski definition) is 5. The number of hydrogen-bond donors (Lipinski definition) is 1. The molecule has 27 heavy (non-hydrogen) atoms. The van der Waals surface area contributed by atoms with Crippen molar-refractivity contribution in [1.29, 1.82) is 0 Å². The van der Waals surface area contributed by atoms with Crippen molar-refractivity contribution in [3.8, 4) is 10.6 Å². The summed E-state index contributed by atoms with van der Waals surface area (Å²) in [6, 6.07) is 16.3. The van der Waals surface area contributed by atoms with E-state index in [2.05, 4.69) is 15.5 Å². The lowest BCUT2D eigenvalue weighted by Gasteiger charge is -2.18. The highest BCUT2D eigenvalue weighted by atomic mass is 32.1. The first kappa shape index (κ1) is 18.9. The monoisotopic (exact) mass is 379 g/mol. The van der Waals surface area contributed by atoms with Gasteiger partial charge in [0.1, 0.15) is 10.5 Å². The van der Waals surface area contributed by atoms with Gasteiger partial charge in [-0.15, -0.1) is 10.2 Å². The van der Waals surface area contributed by atoms with Crippen molar-refractivity contribution >= 4 is 23.0 Å². The molecule has 1 amide bonds. The van der Waals surface area contributed by atoms with Gasteiger partial charge in [0, 0.05) is 17.5 Å². The number of Topliss-reactive ketones (excluding diaryl/α,β-unsaturated/α-hetero) is 1. The molecule has 6 heteroatoms. The standard InChI is InChI=1S/C21H21N3O2S/c1-2-7-19(25)18(23-20(26)16-9-4-3-5-10-16)13-15-8-6-11-17(12-15)21-24-22-14-27-21/h3-6,8-12,14,18H,2,7,13H2,1H3,(H,23,26)/t18-/m0/s1. The van der Waals surface area contributed by atoms with E-state index in [9.17, 15) is 9.59 Å². The van der Waals surface area contributed by atoms with Crippen LogP contribution in [0.25, 0.3) is 10.6 Å². The number of amides is 1. The van der Waals surface area contributed by atoms with Crippen LogP contribution in [0.4, 0.5) is 0 Å². The minimum absolute atomic E-state index is 0.0445. The number of nitrogens with zero attached hydrogens (tertiary/aromatic N) is 2. The summed E-state index contributed by atoms with van der Waals surface area (Å²) < 4.78 is 0. The third kappa shape index (κ3) is 5.08. The maximum absolute atomic E-state index is 12.6. The van der Waals surface area contributed by atoms with Gasteiger partial charge >= 0.3 is 0 Å². The van der Waals surface area contributed by atoms with Crippen LogP contribution < -0.4 is 5.32 Å². The molecule has 1 atom stereocenters. The van der Waals surface area contributed by atoms with Gasteiger partial charge in [-0.3, -0.25) is 9.59 Å². The Kier molecular flexibility index (Phi) is 6.44. The van der Waals surface area contributed by atoms with E-state index in [1.165, 1.54) is 11.3 Å². The number of aromatic nitrogens is 2. The van der Waals surface area contributed by atoms with Crippen LogP contribution in [0.2, 0.25) is 0 Å². The van der Waals surface area contributed by atoms with Gasteiger partial charge in [-0.05, 0) is 36.6 Å². The van der Waals surface area contributed by atoms with Gasteiger partial charge in [-0.25, -0.2) is 0 Å². The first-order valence-electron chi connectivity index (χ1n) is 8.91. The molecule has 1 heterocycles. The fourth-order valence-electron chi connectivity index (χ4n) is 2.86. The second-order valence-corrected chi connectivity index (χ2v) is 7.09. The van der Waals surface area contributed by atoms with Gasteiger partial charge in [0.25, 0.3) is 5.91 Å². The molecule has 2 aromatic carbocycles. The highest BCUT2D eigenvalue weighted by Crippen LogP contribution is 2.22. The van der Waals surface area contributed by atoms with Crippen molar-refractivity contribution in [2.45, 2.75) is 32.2 Å². The zero-order chi connectivity index (χ0) is 19.1. The Morgan fingerprint density at radius 3 is 2.63 bits per heavy atom. The maximum atomic E-state index is 12.6. The number of ketones is 1. The van der Waals surface area contributed by atoms with Gasteiger partial charge < -0.3 is 5.32 Å². The minimum Gasteiger partial charge on any atom is -0.342 e. The van der Waals surface area contributed by atoms with Crippen molar-refractivity contribution in [3.05, 3.63) is 71.2 Å². The van der Waals surface area contributed by atoms with E-state index in [1.54, 1.807) is 17.6 Å². The molecular weight excluding hydrogens is 358 g/mol. The van der Waals surface area contributed by atoms with E-state index in [4.69, 9.17) is 0 Å². The summed E-state index contributed by atoms with van der Waals surface area (Å²) >= 11 is 1.47. The Balaban J connectivity index is 1.78. The molecule has 0 fully saturated rings. The van der Waals surface area contributed by atoms with Gasteiger partial charge in [0.05, 0.1) is 6.04 Å². The number of carbonyl (C=O) groups is 2. The molecule has 1 aromatic heterocycles. The van der Waals surface area contributed by atoms with Crippen LogP contribution >= 0.6 is 11.3 Å². The van der Waals surface area contributed by atoms with E-state index in [-0.39, 0.29) is 11.7 Å². The fraction of sp³-hybridized carbons (Fsp3) is 0.238. The van der Waals surface area contributed by atoms with E-state index in [0.29, 0.717) is 18.4 Å². The Bertz CT molecular complexity index is 895. The predicted octanol–water partition coefficient (Wildman–Crippen LogP) is 3.92. The lowest BCUT2D eigenvalue weighted by atomic mass is 9.98. The molecule has 0 radical (unpaired) electrons. The first-order valence-corrected chi connectivity index (χ1v) is 9.79. The average molecular weight is 379 g/mol. The molecule has 0 aliphatic rings. The lowest BCUT2D eigenvalue weighted by molar-refractivity contribution is -0.120. The highest BCUT2D eigenvalue weighted by molar-refractivity contribution is 7.12. The van der Waals surface area contributed by atoms with E-state index < -0.39 is 6.04 Å². The van der Waals surface area contributed by atoms with Crippen LogP contribution in [0, 0.1) is 0 Å². The van der Waals surface area contributed by atoms with Crippen LogP contribution in [0.1, 0.15) is 35.7 Å². The Hall–Kier alpha value is -2.86. The van der Waals surface area contributed by atoms with E-state index in [1.807, 2.05) is 49.4 Å². The molecule has 0 spiro atoms. The van der Waals surface area contributed by atoms with Crippen molar-refractivity contribution in [1.82, 2.24) is 15.5 Å². The van der Waals surface area contributed by atoms with Crippen LogP contribution in [0.5, 0.6) is 0 Å². The smallest absolute Gasteiger partial charge is 0.251 e. The zero-order valence-electron chi connectivity index (χ0n) is 15.1. The number of carbonyl (C=O) groups excluding carboxylic acids is 2. The van der Waals surface area contributed by atoms with Crippen LogP contribution in [0.3, 0.4) is 0 Å². The minimum atomic E-state index is -0.553. The van der Waals surface area contributed by atoms with Crippen LogP contribution in [-0.2, 0) is 11.2 Å². The molecule has 0 saturated carbocycles. The molecule has 3 rings (SSSR count). The van der Waals surface area contributed by atoms with Crippen molar-refractivity contribution < 1.29 is 9.59 Å². The summed E-state index contributed by atoms with van der Waals surface area (Å²) in [7, 11) is 0. The summed E-state index contributed by atoms with van der Waals surface area (Å²) in [5.74, 6) is -0.187. The van der Waals surface area contributed by atoms with Gasteiger partial charge in [0.15, 0.2) is 5.78 Å². The zero-order valence-corrected chi connectivity index (χ0v) is 15.9. The van der Waals surface area contributed by atoms with E-state index in [0.717, 1.165) is 22.6 Å². The molecule has 138 valence electrons. The third-order valence-corrected chi connectivity index (χ3v) is 4.94. The van der Waals surface area contributed by atoms with Crippen LogP contribution in [-0.4, -0.2) is 27.9 Å². The quantitative estimate of drug-likeness (QED) is 0.644. The molecule has 0 aliphatic heterocycles. The first-order chi connectivity index (χ1) is 13.2. The summed E-state index contributed by atoms with van der Waals surface area (Å²) in [6.07, 6.45) is 1.64. The molecule has 3 aromatic rings. The lowest BCUT2D eigenvalue weighted by Crippen LogP contribution is -2.42. The normalized spacial score (nSPS) is 11.7. The number of benzene rings is 2. The summed E-state index contributed by atoms with van der Waals surface area (Å²) in [5.41, 5.74) is 4.18. The van der Waals surface area contributed by atoms with Crippen molar-refractivity contribution in [3.63, 3.8) is 0 Å². The molecule has 0 saturated heterocycles. The molecule has 0 aliphatic carbocycles. The molecule has 0 unspecified atom stereocenters. The molecular formula is C21H21N3O2S. The van der Waals surface area contributed by atoms with Crippen LogP contribution in [0.15, 0.2) is 60.1 Å². The third-order valence-electron chi connectivity index (χ3n) is 4.20. The number of rotatable bonds is 8. The molecule has 5 nitrogen and oxygen atoms in total. The van der Waals surface area contributed by atoms with Gasteiger partial charge in [-0.2, -0.15) is 0 Å². The predicted molar refractivity (Wildman–Crippen MR) is 107 cm³/mol. The van der Waals surface area contributed by atoms with Gasteiger partial charge in [0.2, 0.25) is 0 Å². The largest absolute Gasteiger partial charge is 0.342 e. The second-order valence-electron chi connectivity index (χ2n) is 6.26. The topological polar surface area (TPSA) is 72.0 Å². The summed E-state index contributed by atoms with van der Waals surface area (Å²) in [6.45, 7) is 1.96. The Morgan fingerprint density at radius 2 is 1.93 bits per heavy atom. The van der Waals surface area contributed by atoms with Crippen molar-refractivity contribution in [2.24, 2.45) is 0 Å². The van der Waals surface area contributed by atoms with E-state index >= 15 is 0 Å². The molecule has 0 bridgehead atoms. The molecule has 1 N–H and O–H groups in total. The number of nitrogens with one attached hydrogen (secondary N) is 1. The highest BCUT2D eigenvalue weighted by Gasteiger charge is 2.21.